The molecule has 3 unspecified atom stereocenters. The summed E-state index contributed by atoms with van der Waals surface area (Å²) in [5, 5.41) is 3.12. The van der Waals surface area contributed by atoms with E-state index in [-0.39, 0.29) is 12.1 Å². The predicted octanol–water partition coefficient (Wildman–Crippen LogP) is 7.92. The molecule has 0 saturated heterocycles. The molecule has 0 bridgehead atoms. The number of carbonyl (C=O) groups is 1. The largest absolute Gasteiger partial charge is 0.307 e. The summed E-state index contributed by atoms with van der Waals surface area (Å²) in [6.07, 6.45) is 30.3. The normalized spacial score (nSPS) is 21.2. The molecule has 0 fully saturated rings. The Morgan fingerprint density at radius 1 is 0.909 bits per heavy atom. The van der Waals surface area contributed by atoms with Gasteiger partial charge >= 0.3 is 0 Å². The minimum Gasteiger partial charge on any atom is -0.307 e. The number of hydrogen-bond donors (Lipinski definition) is 1. The van der Waals surface area contributed by atoms with Gasteiger partial charge in [0.2, 0.25) is 5.91 Å². The van der Waals surface area contributed by atoms with E-state index >= 15 is 0 Å². The van der Waals surface area contributed by atoms with Gasteiger partial charge in [-0.3, -0.25) is 9.28 Å². The molecule has 0 aromatic heterocycles. The Morgan fingerprint density at radius 3 is 1.91 bits per heavy atom. The summed E-state index contributed by atoms with van der Waals surface area (Å²) < 4.78 is 0.885. The number of nitrogens with one attached hydrogen (secondary N) is 1. The molecule has 0 aromatic carbocycles. The third-order valence-electron chi connectivity index (χ3n) is 7.55. The Labute approximate surface area is 206 Å². The van der Waals surface area contributed by atoms with Gasteiger partial charge in [0.05, 0.1) is 12.8 Å². The summed E-state index contributed by atoms with van der Waals surface area (Å²) in [5.41, 5.74) is 0. The van der Waals surface area contributed by atoms with Crippen LogP contribution in [0.1, 0.15) is 137 Å². The number of quaternary nitrogens is 1. The summed E-state index contributed by atoms with van der Waals surface area (Å²) in [6.45, 7) is 10.2. The molecule has 1 aliphatic heterocycles. The molecule has 33 heavy (non-hydrogen) atoms. The lowest BCUT2D eigenvalue weighted by Crippen LogP contribution is -2.63. The van der Waals surface area contributed by atoms with E-state index in [1.165, 1.54) is 103 Å². The molecule has 3 atom stereocenters. The lowest BCUT2D eigenvalue weighted by Gasteiger charge is -2.42. The van der Waals surface area contributed by atoms with Gasteiger partial charge in [0.1, 0.15) is 6.54 Å². The zero-order chi connectivity index (χ0) is 24.2. The molecule has 1 amide bonds. The van der Waals surface area contributed by atoms with E-state index in [9.17, 15) is 4.79 Å². The fourth-order valence-corrected chi connectivity index (χ4v) is 5.35. The van der Waals surface area contributed by atoms with Crippen LogP contribution in [-0.4, -0.2) is 42.0 Å². The zero-order valence-corrected chi connectivity index (χ0v) is 22.6. The van der Waals surface area contributed by atoms with E-state index in [4.69, 9.17) is 4.99 Å². The molecule has 4 heteroatoms. The van der Waals surface area contributed by atoms with Crippen LogP contribution >= 0.6 is 0 Å². The van der Waals surface area contributed by atoms with Gasteiger partial charge in [-0.05, 0) is 32.6 Å². The molecule has 0 radical (unpaired) electrons. The molecule has 1 rings (SSSR count). The first-order chi connectivity index (χ1) is 16.1. The average molecular weight is 463 g/mol. The van der Waals surface area contributed by atoms with Crippen molar-refractivity contribution in [3.05, 3.63) is 12.2 Å². The van der Waals surface area contributed by atoms with Crippen LogP contribution in [0, 0.1) is 0 Å². The van der Waals surface area contributed by atoms with Gasteiger partial charge in [0, 0.05) is 20.3 Å². The molecule has 192 valence electrons. The standard InChI is InChI=1S/C29H55N3O/c1-5-7-8-9-10-11-12-13-14-15-16-17-18-19-20-21-22-23-24-29-30-25-26-32(29,6-2)27(3)31-28(4)33/h7-8,25,27,29H,5-6,9-24,26H2,1-4H3/p+1/b8-7+. The van der Waals surface area contributed by atoms with Gasteiger partial charge in [-0.15, -0.1) is 0 Å². The maximum absolute atomic E-state index is 11.5. The lowest BCUT2D eigenvalue weighted by molar-refractivity contribution is -0.959. The fourth-order valence-electron chi connectivity index (χ4n) is 5.35. The highest BCUT2D eigenvalue weighted by atomic mass is 16.1. The number of amides is 1. The third kappa shape index (κ3) is 12.8. The Hall–Kier alpha value is -1.16. The molecule has 1 N–H and O–H groups in total. The van der Waals surface area contributed by atoms with Gasteiger partial charge in [-0.1, -0.05) is 96.1 Å². The second-order valence-electron chi connectivity index (χ2n) is 10.2. The van der Waals surface area contributed by atoms with Crippen molar-refractivity contribution in [3.63, 3.8) is 0 Å². The van der Waals surface area contributed by atoms with Crippen LogP contribution in [-0.2, 0) is 4.79 Å². The molecule has 0 aliphatic carbocycles. The first kappa shape index (κ1) is 29.9. The maximum Gasteiger partial charge on any atom is 0.221 e. The number of allylic oxidation sites excluding steroid dienone is 2. The minimum atomic E-state index is 0.0603. The Morgan fingerprint density at radius 2 is 1.42 bits per heavy atom. The molecule has 1 heterocycles. The van der Waals surface area contributed by atoms with E-state index in [0.717, 1.165) is 24.0 Å². The second kappa shape index (κ2) is 19.2. The van der Waals surface area contributed by atoms with Crippen LogP contribution < -0.4 is 5.32 Å². The molecule has 0 saturated carbocycles. The monoisotopic (exact) mass is 462 g/mol. The Kier molecular flexibility index (Phi) is 17.4. The van der Waals surface area contributed by atoms with E-state index in [0.29, 0.717) is 6.17 Å². The van der Waals surface area contributed by atoms with Crippen molar-refractivity contribution in [1.29, 1.82) is 0 Å². The smallest absolute Gasteiger partial charge is 0.221 e. The molecule has 0 spiro atoms. The summed E-state index contributed by atoms with van der Waals surface area (Å²) in [4.78, 5) is 16.3. The van der Waals surface area contributed by atoms with Crippen molar-refractivity contribution in [1.82, 2.24) is 5.32 Å². The maximum atomic E-state index is 11.5. The van der Waals surface area contributed by atoms with Gasteiger partial charge < -0.3 is 5.32 Å². The SMILES string of the molecule is CC/C=C/CCCCCCCCCCCCCCCCC1N=CC[N+]1(CC)C(C)NC(C)=O. The van der Waals surface area contributed by atoms with Crippen molar-refractivity contribution in [3.8, 4) is 0 Å². The number of aliphatic imine (C=N–C) groups is 1. The summed E-state index contributed by atoms with van der Waals surface area (Å²) in [5.74, 6) is 0.0603. The van der Waals surface area contributed by atoms with E-state index < -0.39 is 0 Å². The van der Waals surface area contributed by atoms with Crippen molar-refractivity contribution < 1.29 is 9.28 Å². The molecule has 0 aromatic rings. The first-order valence-electron chi connectivity index (χ1n) is 14.4. The number of unbranched alkanes of at least 4 members (excludes halogenated alkanes) is 14. The van der Waals surface area contributed by atoms with Crippen LogP contribution in [0.4, 0.5) is 0 Å². The third-order valence-corrected chi connectivity index (χ3v) is 7.55. The first-order valence-corrected chi connectivity index (χ1v) is 14.4. The summed E-state index contributed by atoms with van der Waals surface area (Å²) in [7, 11) is 0. The number of nitrogens with zero attached hydrogens (tertiary/aromatic N) is 2. The highest BCUT2D eigenvalue weighted by Crippen LogP contribution is 2.27. The zero-order valence-electron chi connectivity index (χ0n) is 22.6. The highest BCUT2D eigenvalue weighted by molar-refractivity contribution is 5.73. The van der Waals surface area contributed by atoms with Crippen molar-refractivity contribution in [2.75, 3.05) is 13.1 Å². The Bertz CT molecular complexity index is 545. The highest BCUT2D eigenvalue weighted by Gasteiger charge is 2.42. The molecular formula is C29H56N3O+. The van der Waals surface area contributed by atoms with E-state index in [1.54, 1.807) is 6.92 Å². The topological polar surface area (TPSA) is 41.5 Å². The summed E-state index contributed by atoms with van der Waals surface area (Å²) in [6, 6.07) is 0. The van der Waals surface area contributed by atoms with Crippen LogP contribution in [0.3, 0.4) is 0 Å². The van der Waals surface area contributed by atoms with Crippen LogP contribution in [0.2, 0.25) is 0 Å². The van der Waals surface area contributed by atoms with Crippen molar-refractivity contribution in [2.24, 2.45) is 4.99 Å². The molecule has 4 nitrogen and oxygen atoms in total. The van der Waals surface area contributed by atoms with E-state index in [2.05, 4.69) is 44.5 Å². The predicted molar refractivity (Wildman–Crippen MR) is 145 cm³/mol. The van der Waals surface area contributed by atoms with E-state index in [1.807, 2.05) is 0 Å². The average Bonchev–Trinajstić information content (AvgIpc) is 3.22. The van der Waals surface area contributed by atoms with Crippen LogP contribution in [0.15, 0.2) is 17.1 Å². The van der Waals surface area contributed by atoms with Gasteiger partial charge in [-0.2, -0.15) is 0 Å². The van der Waals surface area contributed by atoms with Crippen LogP contribution in [0.25, 0.3) is 0 Å². The number of carbonyl (C=O) groups excluding carboxylic acids is 1. The van der Waals surface area contributed by atoms with Crippen molar-refractivity contribution >= 4 is 12.1 Å². The van der Waals surface area contributed by atoms with Crippen molar-refractivity contribution in [2.45, 2.75) is 149 Å². The Balaban J connectivity index is 1.95. The quantitative estimate of drug-likeness (QED) is 0.105. The molecular weight excluding hydrogens is 406 g/mol. The number of rotatable bonds is 21. The lowest BCUT2D eigenvalue weighted by atomic mass is 10.0. The minimum absolute atomic E-state index is 0.0603. The van der Waals surface area contributed by atoms with Gasteiger partial charge in [-0.25, -0.2) is 4.99 Å². The fraction of sp³-hybridized carbons (Fsp3) is 0.862. The van der Waals surface area contributed by atoms with Gasteiger partial charge in [0.15, 0.2) is 12.3 Å². The summed E-state index contributed by atoms with van der Waals surface area (Å²) >= 11 is 0. The van der Waals surface area contributed by atoms with Crippen LogP contribution in [0.5, 0.6) is 0 Å². The van der Waals surface area contributed by atoms with Gasteiger partial charge in [0.25, 0.3) is 0 Å². The second-order valence-corrected chi connectivity index (χ2v) is 10.2. The number of hydrogen-bond acceptors (Lipinski definition) is 2. The molecule has 1 aliphatic rings.